The highest BCUT2D eigenvalue weighted by Crippen LogP contribution is 2.23. The number of esters is 1. The van der Waals surface area contributed by atoms with Crippen molar-refractivity contribution in [3.05, 3.63) is 28.8 Å². The molecule has 0 amide bonds. The van der Waals surface area contributed by atoms with Crippen LogP contribution in [0.4, 0.5) is 5.69 Å². The lowest BCUT2D eigenvalue weighted by molar-refractivity contribution is -0.141. The number of benzene rings is 1. The first-order chi connectivity index (χ1) is 7.04. The van der Waals surface area contributed by atoms with Crippen LogP contribution in [0.3, 0.4) is 0 Å². The van der Waals surface area contributed by atoms with Gasteiger partial charge in [0.15, 0.2) is 0 Å². The maximum Gasteiger partial charge on any atom is 0.327 e. The van der Waals surface area contributed by atoms with Gasteiger partial charge in [-0.15, -0.1) is 0 Å². The summed E-state index contributed by atoms with van der Waals surface area (Å²) < 4.78 is 4.60. The van der Waals surface area contributed by atoms with E-state index in [1.807, 2.05) is 25.1 Å². The molecule has 1 aromatic carbocycles. The van der Waals surface area contributed by atoms with Crippen LogP contribution in [-0.2, 0) is 9.53 Å². The number of nitrogens with one attached hydrogen (secondary N) is 1. The minimum atomic E-state index is -0.407. The average Bonchev–Trinajstić information content (AvgIpc) is 2.20. The summed E-state index contributed by atoms with van der Waals surface area (Å²) in [6.07, 6.45) is 0. The van der Waals surface area contributed by atoms with Gasteiger partial charge in [-0.3, -0.25) is 0 Å². The highest BCUT2D eigenvalue weighted by atomic mass is 35.5. The van der Waals surface area contributed by atoms with E-state index in [0.29, 0.717) is 5.02 Å². The predicted octanol–water partition coefficient (Wildman–Crippen LogP) is 2.62. The Morgan fingerprint density at radius 1 is 1.53 bits per heavy atom. The minimum absolute atomic E-state index is 0.313. The van der Waals surface area contributed by atoms with E-state index < -0.39 is 6.04 Å². The number of aryl methyl sites for hydroxylation is 1. The van der Waals surface area contributed by atoms with Crippen LogP contribution in [0.1, 0.15) is 12.5 Å². The van der Waals surface area contributed by atoms with Gasteiger partial charge in [0.2, 0.25) is 0 Å². The van der Waals surface area contributed by atoms with E-state index in [2.05, 4.69) is 10.1 Å². The Bertz CT molecular complexity index is 366. The van der Waals surface area contributed by atoms with Gasteiger partial charge < -0.3 is 10.1 Å². The summed E-state index contributed by atoms with van der Waals surface area (Å²) in [7, 11) is 1.36. The standard InChI is InChI=1S/C11H14ClNO2/c1-7-4-5-10(9(12)6-7)13-8(2)11(14)15-3/h4-6,8,13H,1-3H3. The second-order valence-corrected chi connectivity index (χ2v) is 3.78. The quantitative estimate of drug-likeness (QED) is 0.807. The first-order valence-electron chi connectivity index (χ1n) is 4.65. The summed E-state index contributed by atoms with van der Waals surface area (Å²) in [5.74, 6) is -0.313. The number of carbonyl (C=O) groups is 1. The van der Waals surface area contributed by atoms with Crippen molar-refractivity contribution in [1.29, 1.82) is 0 Å². The van der Waals surface area contributed by atoms with E-state index >= 15 is 0 Å². The number of hydrogen-bond donors (Lipinski definition) is 1. The van der Waals surface area contributed by atoms with E-state index in [9.17, 15) is 4.79 Å². The van der Waals surface area contributed by atoms with Crippen LogP contribution in [0.25, 0.3) is 0 Å². The Morgan fingerprint density at radius 2 is 2.20 bits per heavy atom. The number of carbonyl (C=O) groups excluding carboxylic acids is 1. The lowest BCUT2D eigenvalue weighted by atomic mass is 10.2. The molecule has 0 spiro atoms. The third kappa shape index (κ3) is 3.13. The van der Waals surface area contributed by atoms with Gasteiger partial charge in [-0.1, -0.05) is 17.7 Å². The molecule has 1 atom stereocenters. The molecule has 0 heterocycles. The van der Waals surface area contributed by atoms with Gasteiger partial charge in [0.05, 0.1) is 17.8 Å². The lowest BCUT2D eigenvalue weighted by Gasteiger charge is -2.14. The monoisotopic (exact) mass is 227 g/mol. The van der Waals surface area contributed by atoms with Gasteiger partial charge >= 0.3 is 5.97 Å². The van der Waals surface area contributed by atoms with Crippen LogP contribution in [0, 0.1) is 6.92 Å². The van der Waals surface area contributed by atoms with Crippen LogP contribution in [0.5, 0.6) is 0 Å². The smallest absolute Gasteiger partial charge is 0.327 e. The summed E-state index contributed by atoms with van der Waals surface area (Å²) in [4.78, 5) is 11.2. The van der Waals surface area contributed by atoms with E-state index in [0.717, 1.165) is 11.3 Å². The molecule has 0 aromatic heterocycles. The SMILES string of the molecule is COC(=O)C(C)Nc1ccc(C)cc1Cl. The summed E-state index contributed by atoms with van der Waals surface area (Å²) in [5, 5.41) is 3.58. The molecule has 0 saturated carbocycles. The van der Waals surface area contributed by atoms with Crippen molar-refractivity contribution >= 4 is 23.3 Å². The third-order valence-corrected chi connectivity index (χ3v) is 2.36. The first-order valence-corrected chi connectivity index (χ1v) is 5.03. The molecular weight excluding hydrogens is 214 g/mol. The number of anilines is 1. The van der Waals surface area contributed by atoms with E-state index in [1.165, 1.54) is 7.11 Å². The van der Waals surface area contributed by atoms with Crippen molar-refractivity contribution in [3.63, 3.8) is 0 Å². The van der Waals surface area contributed by atoms with Crippen molar-refractivity contribution in [2.45, 2.75) is 19.9 Å². The maximum atomic E-state index is 11.2. The minimum Gasteiger partial charge on any atom is -0.467 e. The number of halogens is 1. The van der Waals surface area contributed by atoms with Gasteiger partial charge in [-0.05, 0) is 31.5 Å². The van der Waals surface area contributed by atoms with Crippen LogP contribution in [0.15, 0.2) is 18.2 Å². The summed E-state index contributed by atoms with van der Waals surface area (Å²) in [6.45, 7) is 3.68. The molecule has 15 heavy (non-hydrogen) atoms. The van der Waals surface area contributed by atoms with E-state index in [1.54, 1.807) is 6.92 Å². The predicted molar refractivity (Wildman–Crippen MR) is 61.3 cm³/mol. The Kier molecular flexibility index (Phi) is 3.97. The van der Waals surface area contributed by atoms with Crippen molar-refractivity contribution < 1.29 is 9.53 Å². The van der Waals surface area contributed by atoms with Crippen molar-refractivity contribution in [2.24, 2.45) is 0 Å². The number of hydrogen-bond acceptors (Lipinski definition) is 3. The van der Waals surface area contributed by atoms with Gasteiger partial charge in [-0.2, -0.15) is 0 Å². The second kappa shape index (κ2) is 5.03. The van der Waals surface area contributed by atoms with Crippen molar-refractivity contribution in [3.8, 4) is 0 Å². The molecule has 1 N–H and O–H groups in total. The number of methoxy groups -OCH3 is 1. The molecule has 0 aliphatic heterocycles. The summed E-state index contributed by atoms with van der Waals surface area (Å²) in [5.41, 5.74) is 1.82. The zero-order valence-electron chi connectivity index (χ0n) is 9.00. The third-order valence-electron chi connectivity index (χ3n) is 2.05. The van der Waals surface area contributed by atoms with E-state index in [4.69, 9.17) is 11.6 Å². The van der Waals surface area contributed by atoms with Gasteiger partial charge in [0.25, 0.3) is 0 Å². The molecule has 1 rings (SSSR count). The maximum absolute atomic E-state index is 11.2. The molecule has 4 heteroatoms. The summed E-state index contributed by atoms with van der Waals surface area (Å²) in [6, 6.07) is 5.21. The Morgan fingerprint density at radius 3 is 2.73 bits per heavy atom. The fraction of sp³-hybridized carbons (Fsp3) is 0.364. The van der Waals surface area contributed by atoms with Crippen molar-refractivity contribution in [1.82, 2.24) is 0 Å². The topological polar surface area (TPSA) is 38.3 Å². The molecule has 0 aliphatic carbocycles. The van der Waals surface area contributed by atoms with Gasteiger partial charge in [0, 0.05) is 0 Å². The number of rotatable bonds is 3. The Hall–Kier alpha value is -1.22. The van der Waals surface area contributed by atoms with Crippen LogP contribution < -0.4 is 5.32 Å². The molecule has 0 aliphatic rings. The molecule has 1 aromatic rings. The lowest BCUT2D eigenvalue weighted by Crippen LogP contribution is -2.27. The van der Waals surface area contributed by atoms with Crippen LogP contribution >= 0.6 is 11.6 Å². The molecule has 82 valence electrons. The molecule has 0 bridgehead atoms. The Labute approximate surface area is 94.4 Å². The zero-order chi connectivity index (χ0) is 11.4. The van der Waals surface area contributed by atoms with Gasteiger partial charge in [-0.25, -0.2) is 4.79 Å². The fourth-order valence-electron chi connectivity index (χ4n) is 1.21. The first kappa shape index (κ1) is 11.9. The highest BCUT2D eigenvalue weighted by Gasteiger charge is 2.13. The fourth-order valence-corrected chi connectivity index (χ4v) is 1.50. The average molecular weight is 228 g/mol. The van der Waals surface area contributed by atoms with Crippen LogP contribution in [0.2, 0.25) is 5.02 Å². The molecule has 0 fully saturated rings. The highest BCUT2D eigenvalue weighted by molar-refractivity contribution is 6.33. The molecular formula is C11H14ClNO2. The molecule has 0 saturated heterocycles. The normalized spacial score (nSPS) is 12.0. The van der Waals surface area contributed by atoms with Crippen molar-refractivity contribution in [2.75, 3.05) is 12.4 Å². The number of ether oxygens (including phenoxy) is 1. The summed E-state index contributed by atoms with van der Waals surface area (Å²) >= 11 is 6.01. The largest absolute Gasteiger partial charge is 0.467 e. The van der Waals surface area contributed by atoms with Gasteiger partial charge in [0.1, 0.15) is 6.04 Å². The Balaban J connectivity index is 2.76. The zero-order valence-corrected chi connectivity index (χ0v) is 9.76. The molecule has 0 radical (unpaired) electrons. The second-order valence-electron chi connectivity index (χ2n) is 3.37. The van der Waals surface area contributed by atoms with Crippen LogP contribution in [-0.4, -0.2) is 19.1 Å². The molecule has 1 unspecified atom stereocenters. The molecule has 3 nitrogen and oxygen atoms in total. The van der Waals surface area contributed by atoms with E-state index in [-0.39, 0.29) is 5.97 Å².